The lowest BCUT2D eigenvalue weighted by Gasteiger charge is -2.29. The minimum absolute atomic E-state index is 0.0336. The Kier molecular flexibility index (Phi) is 8.65. The number of nitrogens with zero attached hydrogens (tertiary/aromatic N) is 1. The summed E-state index contributed by atoms with van der Waals surface area (Å²) in [4.78, 5) is 38.2. The van der Waals surface area contributed by atoms with Crippen LogP contribution < -0.4 is 5.32 Å². The van der Waals surface area contributed by atoms with Crippen LogP contribution in [0, 0.1) is 0 Å². The Balaban J connectivity index is 1.66. The zero-order valence-corrected chi connectivity index (χ0v) is 19.8. The van der Waals surface area contributed by atoms with Crippen molar-refractivity contribution in [1.82, 2.24) is 10.2 Å². The van der Waals surface area contributed by atoms with Crippen LogP contribution in [-0.2, 0) is 19.1 Å². The third-order valence-electron chi connectivity index (χ3n) is 6.24. The fourth-order valence-corrected chi connectivity index (χ4v) is 4.32. The van der Waals surface area contributed by atoms with Gasteiger partial charge in [0, 0.05) is 32.5 Å². The van der Waals surface area contributed by atoms with Crippen LogP contribution in [0.3, 0.4) is 0 Å². The molecule has 2 atom stereocenters. The van der Waals surface area contributed by atoms with Gasteiger partial charge in [-0.3, -0.25) is 9.59 Å². The largest absolute Gasteiger partial charge is 0.481 e. The van der Waals surface area contributed by atoms with Crippen LogP contribution >= 0.6 is 0 Å². The summed E-state index contributed by atoms with van der Waals surface area (Å²) in [6.45, 7) is 4.30. The third kappa shape index (κ3) is 5.75. The fourth-order valence-electron chi connectivity index (χ4n) is 4.32. The number of benzene rings is 2. The lowest BCUT2D eigenvalue weighted by Crippen LogP contribution is -2.54. The summed E-state index contributed by atoms with van der Waals surface area (Å²) in [5.41, 5.74) is 4.47. The van der Waals surface area contributed by atoms with Crippen molar-refractivity contribution in [2.75, 3.05) is 26.8 Å². The lowest BCUT2D eigenvalue weighted by molar-refractivity contribution is -0.139. The molecule has 34 heavy (non-hydrogen) atoms. The number of alkyl carbamates (subject to hydrolysis) is 1. The number of aliphatic carboxylic acids is 1. The molecule has 0 saturated carbocycles. The number of nitrogens with one attached hydrogen (secondary N) is 1. The maximum atomic E-state index is 13.1. The summed E-state index contributed by atoms with van der Waals surface area (Å²) >= 11 is 0. The quantitative estimate of drug-likeness (QED) is 0.522. The van der Waals surface area contributed by atoms with Crippen molar-refractivity contribution in [1.29, 1.82) is 0 Å². The number of likely N-dealkylation sites (N-methyl/N-ethyl adjacent to an activating group) is 1. The number of hydrogen-bond donors (Lipinski definition) is 2. The summed E-state index contributed by atoms with van der Waals surface area (Å²) < 4.78 is 10.9. The van der Waals surface area contributed by atoms with Crippen LogP contribution in [-0.4, -0.2) is 66.9 Å². The first-order valence-electron chi connectivity index (χ1n) is 11.5. The number of carbonyl (C=O) groups excluding carboxylic acids is 2. The zero-order chi connectivity index (χ0) is 24.7. The molecule has 3 rings (SSSR count). The van der Waals surface area contributed by atoms with E-state index in [1.807, 2.05) is 36.4 Å². The van der Waals surface area contributed by atoms with Crippen molar-refractivity contribution in [3.8, 4) is 11.1 Å². The van der Waals surface area contributed by atoms with Gasteiger partial charge < -0.3 is 24.8 Å². The van der Waals surface area contributed by atoms with E-state index in [1.54, 1.807) is 13.8 Å². The van der Waals surface area contributed by atoms with Crippen LogP contribution in [0.4, 0.5) is 4.79 Å². The number of rotatable bonds is 11. The molecule has 0 saturated heterocycles. The number of ether oxygens (including phenoxy) is 2. The molecule has 2 unspecified atom stereocenters. The van der Waals surface area contributed by atoms with E-state index in [9.17, 15) is 14.4 Å². The number of carboxylic acids is 1. The molecule has 0 radical (unpaired) electrons. The van der Waals surface area contributed by atoms with E-state index in [2.05, 4.69) is 17.4 Å². The number of fused-ring (bicyclic) bond motifs is 3. The van der Waals surface area contributed by atoms with Gasteiger partial charge in [0.25, 0.3) is 0 Å². The minimum Gasteiger partial charge on any atom is -0.481 e. The van der Waals surface area contributed by atoms with Crippen LogP contribution in [0.15, 0.2) is 48.5 Å². The molecule has 2 amide bonds. The smallest absolute Gasteiger partial charge is 0.407 e. The molecular weight excluding hydrogens is 436 g/mol. The van der Waals surface area contributed by atoms with Crippen LogP contribution in [0.25, 0.3) is 11.1 Å². The van der Waals surface area contributed by atoms with Crippen molar-refractivity contribution in [3.63, 3.8) is 0 Å². The van der Waals surface area contributed by atoms with E-state index in [1.165, 1.54) is 12.0 Å². The molecule has 8 nitrogen and oxygen atoms in total. The highest BCUT2D eigenvalue weighted by molar-refractivity contribution is 5.86. The Morgan fingerprint density at radius 3 is 2.18 bits per heavy atom. The summed E-state index contributed by atoms with van der Waals surface area (Å²) in [6.07, 6.45) is -1.01. The molecular formula is C26H32N2O6. The molecule has 8 heteroatoms. The molecule has 2 aromatic carbocycles. The fraction of sp³-hybridized carbons (Fsp3) is 0.423. The predicted molar refractivity (Wildman–Crippen MR) is 128 cm³/mol. The third-order valence-corrected chi connectivity index (χ3v) is 6.24. The molecule has 0 heterocycles. The Hall–Kier alpha value is -3.39. The van der Waals surface area contributed by atoms with Crippen LogP contribution in [0.5, 0.6) is 0 Å². The van der Waals surface area contributed by atoms with E-state index in [0.29, 0.717) is 13.0 Å². The Morgan fingerprint density at radius 1 is 1.06 bits per heavy atom. The minimum atomic E-state index is -0.953. The molecule has 2 N–H and O–H groups in total. The molecule has 0 fully saturated rings. The monoisotopic (exact) mass is 468 g/mol. The normalized spacial score (nSPS) is 14.0. The maximum absolute atomic E-state index is 13.1. The van der Waals surface area contributed by atoms with E-state index in [4.69, 9.17) is 14.6 Å². The van der Waals surface area contributed by atoms with Crippen molar-refractivity contribution in [3.05, 3.63) is 59.7 Å². The second-order valence-corrected chi connectivity index (χ2v) is 8.30. The Bertz CT molecular complexity index is 978. The molecule has 0 bridgehead atoms. The second kappa shape index (κ2) is 11.7. The summed E-state index contributed by atoms with van der Waals surface area (Å²) in [5.74, 6) is -1.34. The first-order valence-corrected chi connectivity index (χ1v) is 11.5. The lowest BCUT2D eigenvalue weighted by atomic mass is 9.98. The number of amides is 2. The predicted octanol–water partition coefficient (Wildman–Crippen LogP) is 3.64. The molecule has 0 aromatic heterocycles. The van der Waals surface area contributed by atoms with Crippen LogP contribution in [0.2, 0.25) is 0 Å². The summed E-state index contributed by atoms with van der Waals surface area (Å²) in [7, 11) is 1.46. The Morgan fingerprint density at radius 2 is 1.65 bits per heavy atom. The van der Waals surface area contributed by atoms with Crippen LogP contribution in [0.1, 0.15) is 43.7 Å². The van der Waals surface area contributed by atoms with Crippen molar-refractivity contribution < 1.29 is 29.0 Å². The number of carbonyl (C=O) groups is 3. The molecule has 0 spiro atoms. The van der Waals surface area contributed by atoms with Gasteiger partial charge in [-0.25, -0.2) is 4.79 Å². The topological polar surface area (TPSA) is 105 Å². The molecule has 182 valence electrons. The highest BCUT2D eigenvalue weighted by atomic mass is 16.5. The Labute approximate surface area is 199 Å². The standard InChI is InChI=1S/C26H32N2O6/c1-4-28(15-9-14-23(29)30)25(31)24(17(2)33-3)27-26(32)34-16-22-20-12-7-5-10-18(20)19-11-6-8-13-21(19)22/h5-8,10-13,17,22,24H,4,9,14-16H2,1-3H3,(H,27,32)(H,29,30). The van der Waals surface area contributed by atoms with Gasteiger partial charge in [-0.2, -0.15) is 0 Å². The van der Waals surface area contributed by atoms with Gasteiger partial charge in [-0.1, -0.05) is 48.5 Å². The number of hydrogen-bond acceptors (Lipinski definition) is 5. The number of methoxy groups -OCH3 is 1. The van der Waals surface area contributed by atoms with E-state index in [-0.39, 0.29) is 31.4 Å². The average molecular weight is 469 g/mol. The second-order valence-electron chi connectivity index (χ2n) is 8.30. The van der Waals surface area contributed by atoms with E-state index < -0.39 is 24.2 Å². The molecule has 1 aliphatic carbocycles. The maximum Gasteiger partial charge on any atom is 0.407 e. The first-order chi connectivity index (χ1) is 16.4. The molecule has 1 aliphatic rings. The van der Waals surface area contributed by atoms with Gasteiger partial charge in [0.05, 0.1) is 6.10 Å². The van der Waals surface area contributed by atoms with Gasteiger partial charge in [0.1, 0.15) is 12.6 Å². The highest BCUT2D eigenvalue weighted by Crippen LogP contribution is 2.44. The van der Waals surface area contributed by atoms with Gasteiger partial charge >= 0.3 is 12.1 Å². The summed E-state index contributed by atoms with van der Waals surface area (Å²) in [5, 5.41) is 11.5. The van der Waals surface area contributed by atoms with Gasteiger partial charge in [0.15, 0.2) is 0 Å². The van der Waals surface area contributed by atoms with Crippen molar-refractivity contribution in [2.45, 2.75) is 44.8 Å². The van der Waals surface area contributed by atoms with Gasteiger partial charge in [-0.15, -0.1) is 0 Å². The van der Waals surface area contributed by atoms with E-state index in [0.717, 1.165) is 22.3 Å². The van der Waals surface area contributed by atoms with Crippen molar-refractivity contribution in [2.24, 2.45) is 0 Å². The first kappa shape index (κ1) is 25.2. The van der Waals surface area contributed by atoms with E-state index >= 15 is 0 Å². The number of carboxylic acid groups (broad SMARTS) is 1. The van der Waals surface area contributed by atoms with Crippen molar-refractivity contribution >= 4 is 18.0 Å². The average Bonchev–Trinajstić information content (AvgIpc) is 3.16. The SMILES string of the molecule is CCN(CCCC(=O)O)C(=O)C(NC(=O)OCC1c2ccccc2-c2ccccc21)C(C)OC. The van der Waals surface area contributed by atoms with Gasteiger partial charge in [-0.05, 0) is 42.5 Å². The highest BCUT2D eigenvalue weighted by Gasteiger charge is 2.33. The zero-order valence-electron chi connectivity index (χ0n) is 19.8. The summed E-state index contributed by atoms with van der Waals surface area (Å²) in [6, 6.07) is 15.2. The molecule has 2 aromatic rings. The molecule has 0 aliphatic heterocycles. The van der Waals surface area contributed by atoms with Gasteiger partial charge in [0.2, 0.25) is 5.91 Å².